The van der Waals surface area contributed by atoms with Crippen LogP contribution in [-0.2, 0) is 19.9 Å². The zero-order chi connectivity index (χ0) is 24.5. The minimum Gasteiger partial charge on any atom is -0.454 e. The Morgan fingerprint density at radius 1 is 0.857 bits per heavy atom. The van der Waals surface area contributed by atoms with Gasteiger partial charge in [-0.2, -0.15) is 5.26 Å². The predicted molar refractivity (Wildman–Crippen MR) is 141 cm³/mol. The highest BCUT2D eigenvalue weighted by Crippen LogP contribution is 2.45. The van der Waals surface area contributed by atoms with Gasteiger partial charge in [0.2, 0.25) is 5.69 Å². The Morgan fingerprint density at radius 3 is 2.26 bits per heavy atom. The van der Waals surface area contributed by atoms with Gasteiger partial charge >= 0.3 is 0 Å². The maximum atomic E-state index is 10.1. The maximum Gasteiger partial charge on any atom is 0.216 e. The topological polar surface area (TPSA) is 40.8 Å². The summed E-state index contributed by atoms with van der Waals surface area (Å²) in [6.07, 6.45) is 4.21. The summed E-state index contributed by atoms with van der Waals surface area (Å²) in [5.74, 6) is 0. The molecule has 0 radical (unpaired) electrons. The molecule has 2 heterocycles. The molecular formula is C32H29N2O+. The Kier molecular flexibility index (Phi) is 4.66. The summed E-state index contributed by atoms with van der Waals surface area (Å²) in [5, 5.41) is 12.2. The second-order valence-corrected chi connectivity index (χ2v) is 10.9. The molecule has 0 saturated carbocycles. The number of furan rings is 1. The SMILES string of the molecule is Cc1cc2c(cc1-c1c(C#N)ccc3c1oc1c(-c4cccc[n+]4C)c(C)ccc13)CC(C)(C)C2. The summed E-state index contributed by atoms with van der Waals surface area (Å²) < 4.78 is 8.88. The number of fused-ring (bicyclic) bond motifs is 4. The number of rotatable bonds is 2. The Hall–Kier alpha value is -3.90. The van der Waals surface area contributed by atoms with Crippen LogP contribution in [0.15, 0.2) is 65.2 Å². The molecule has 5 aromatic rings. The van der Waals surface area contributed by atoms with Gasteiger partial charge in [-0.1, -0.05) is 38.1 Å². The van der Waals surface area contributed by atoms with E-state index in [1.165, 1.54) is 16.7 Å². The van der Waals surface area contributed by atoms with E-state index in [0.717, 1.165) is 62.7 Å². The molecule has 0 bridgehead atoms. The van der Waals surface area contributed by atoms with Crippen LogP contribution in [0.1, 0.15) is 41.7 Å². The number of aromatic nitrogens is 1. The zero-order valence-electron chi connectivity index (χ0n) is 21.0. The summed E-state index contributed by atoms with van der Waals surface area (Å²) in [6.45, 7) is 8.94. The first-order valence-corrected chi connectivity index (χ1v) is 12.2. The smallest absolute Gasteiger partial charge is 0.216 e. The third-order valence-electron chi connectivity index (χ3n) is 7.60. The van der Waals surface area contributed by atoms with Crippen LogP contribution in [0.4, 0.5) is 0 Å². The summed E-state index contributed by atoms with van der Waals surface area (Å²) in [4.78, 5) is 0. The second-order valence-electron chi connectivity index (χ2n) is 10.9. The largest absolute Gasteiger partial charge is 0.454 e. The highest BCUT2D eigenvalue weighted by Gasteiger charge is 2.30. The van der Waals surface area contributed by atoms with Crippen LogP contribution in [0.5, 0.6) is 0 Å². The average Bonchev–Trinajstić information content (AvgIpc) is 3.33. The van der Waals surface area contributed by atoms with E-state index >= 15 is 0 Å². The van der Waals surface area contributed by atoms with Crippen molar-refractivity contribution in [1.82, 2.24) is 0 Å². The van der Waals surface area contributed by atoms with Crippen LogP contribution < -0.4 is 4.57 Å². The molecule has 0 unspecified atom stereocenters. The van der Waals surface area contributed by atoms with Crippen molar-refractivity contribution in [3.8, 4) is 28.5 Å². The summed E-state index contributed by atoms with van der Waals surface area (Å²) in [6, 6.07) is 21.6. The summed E-state index contributed by atoms with van der Waals surface area (Å²) in [7, 11) is 2.06. The minimum absolute atomic E-state index is 0.272. The number of hydrogen-bond acceptors (Lipinski definition) is 2. The monoisotopic (exact) mass is 457 g/mol. The highest BCUT2D eigenvalue weighted by atomic mass is 16.3. The predicted octanol–water partition coefficient (Wildman–Crippen LogP) is 7.36. The standard InChI is InChI=1S/C32H29N2O/c1-19-9-11-24-25-12-10-21(18-33)29(26-15-23-17-32(3,4)16-22(23)14-20(26)2)31(25)35-30(24)28(19)27-8-6-7-13-34(27)5/h6-15H,16-17H2,1-5H3/q+1. The lowest BCUT2D eigenvalue weighted by Gasteiger charge is -2.14. The van der Waals surface area contributed by atoms with Crippen LogP contribution in [0, 0.1) is 30.6 Å². The van der Waals surface area contributed by atoms with Crippen molar-refractivity contribution >= 4 is 21.9 Å². The van der Waals surface area contributed by atoms with Gasteiger partial charge < -0.3 is 4.42 Å². The lowest BCUT2D eigenvalue weighted by Crippen LogP contribution is -2.30. The fourth-order valence-electron chi connectivity index (χ4n) is 5.97. The maximum absolute atomic E-state index is 10.1. The summed E-state index contributed by atoms with van der Waals surface area (Å²) >= 11 is 0. The van der Waals surface area contributed by atoms with Gasteiger partial charge in [-0.15, -0.1) is 0 Å². The fraction of sp³-hybridized carbons (Fsp3) is 0.250. The van der Waals surface area contributed by atoms with Crippen molar-refractivity contribution in [3.05, 3.63) is 88.6 Å². The lowest BCUT2D eigenvalue weighted by atomic mass is 9.90. The molecule has 0 fully saturated rings. The number of pyridine rings is 1. The van der Waals surface area contributed by atoms with Crippen molar-refractivity contribution < 1.29 is 8.98 Å². The molecule has 0 saturated heterocycles. The van der Waals surface area contributed by atoms with Gasteiger partial charge in [0.25, 0.3) is 0 Å². The van der Waals surface area contributed by atoms with E-state index in [2.05, 4.69) is 88.0 Å². The number of hydrogen-bond donors (Lipinski definition) is 0. The van der Waals surface area contributed by atoms with Gasteiger partial charge in [0.05, 0.1) is 17.2 Å². The number of benzene rings is 3. The third kappa shape index (κ3) is 3.28. The van der Waals surface area contributed by atoms with Crippen LogP contribution >= 0.6 is 0 Å². The quantitative estimate of drug-likeness (QED) is 0.260. The van der Waals surface area contributed by atoms with Crippen LogP contribution in [-0.4, -0.2) is 0 Å². The average molecular weight is 458 g/mol. The molecule has 2 aromatic heterocycles. The molecule has 1 aliphatic carbocycles. The Balaban J connectivity index is 1.69. The Morgan fingerprint density at radius 2 is 1.54 bits per heavy atom. The van der Waals surface area contributed by atoms with Gasteiger partial charge in [0, 0.05) is 28.5 Å². The van der Waals surface area contributed by atoms with E-state index < -0.39 is 0 Å². The third-order valence-corrected chi connectivity index (χ3v) is 7.60. The molecule has 0 N–H and O–H groups in total. The molecule has 35 heavy (non-hydrogen) atoms. The molecule has 0 spiro atoms. The second kappa shape index (κ2) is 7.55. The zero-order valence-corrected chi connectivity index (χ0v) is 21.0. The minimum atomic E-state index is 0.272. The highest BCUT2D eigenvalue weighted by molar-refractivity contribution is 6.14. The molecule has 3 heteroatoms. The normalized spacial score (nSPS) is 14.4. The van der Waals surface area contributed by atoms with Gasteiger partial charge in [0.1, 0.15) is 18.2 Å². The van der Waals surface area contributed by atoms with E-state index in [0.29, 0.717) is 5.56 Å². The molecule has 0 atom stereocenters. The molecule has 3 aromatic carbocycles. The number of nitrogens with zero attached hydrogens (tertiary/aromatic N) is 2. The Bertz CT molecular complexity index is 1710. The molecule has 6 rings (SSSR count). The van der Waals surface area contributed by atoms with Crippen molar-refractivity contribution in [1.29, 1.82) is 5.26 Å². The van der Waals surface area contributed by atoms with E-state index in [4.69, 9.17) is 4.42 Å². The number of aryl methyl sites for hydroxylation is 3. The van der Waals surface area contributed by atoms with Crippen molar-refractivity contribution in [2.75, 3.05) is 0 Å². The van der Waals surface area contributed by atoms with Gasteiger partial charge in [-0.05, 0) is 78.1 Å². The lowest BCUT2D eigenvalue weighted by molar-refractivity contribution is -0.660. The molecule has 3 nitrogen and oxygen atoms in total. The van der Waals surface area contributed by atoms with Crippen molar-refractivity contribution in [2.45, 2.75) is 40.5 Å². The first kappa shape index (κ1) is 21.6. The van der Waals surface area contributed by atoms with Crippen LogP contribution in [0.3, 0.4) is 0 Å². The van der Waals surface area contributed by atoms with Gasteiger partial charge in [-0.25, -0.2) is 4.57 Å². The van der Waals surface area contributed by atoms with E-state index in [1.54, 1.807) is 0 Å². The fourth-order valence-corrected chi connectivity index (χ4v) is 5.97. The molecule has 1 aliphatic rings. The Labute approximate surface area is 206 Å². The van der Waals surface area contributed by atoms with Gasteiger partial charge in [0.15, 0.2) is 6.20 Å². The first-order chi connectivity index (χ1) is 16.8. The molecule has 0 aliphatic heterocycles. The summed E-state index contributed by atoms with van der Waals surface area (Å²) in [5.41, 5.74) is 12.0. The van der Waals surface area contributed by atoms with E-state index in [-0.39, 0.29) is 5.41 Å². The van der Waals surface area contributed by atoms with Crippen molar-refractivity contribution in [3.63, 3.8) is 0 Å². The van der Waals surface area contributed by atoms with E-state index in [9.17, 15) is 5.26 Å². The van der Waals surface area contributed by atoms with Crippen molar-refractivity contribution in [2.24, 2.45) is 12.5 Å². The van der Waals surface area contributed by atoms with E-state index in [1.807, 2.05) is 18.2 Å². The van der Waals surface area contributed by atoms with Crippen LogP contribution in [0.25, 0.3) is 44.3 Å². The first-order valence-electron chi connectivity index (χ1n) is 12.2. The van der Waals surface area contributed by atoms with Crippen LogP contribution in [0.2, 0.25) is 0 Å². The molecular weight excluding hydrogens is 428 g/mol. The molecule has 172 valence electrons. The molecule has 0 amide bonds. The number of nitriles is 1. The van der Waals surface area contributed by atoms with Gasteiger partial charge in [-0.3, -0.25) is 0 Å².